The van der Waals surface area contributed by atoms with Crippen LogP contribution in [0.4, 0.5) is 5.69 Å². The second-order valence-corrected chi connectivity index (χ2v) is 6.43. The molecule has 0 spiro atoms. The van der Waals surface area contributed by atoms with Crippen LogP contribution in [0.15, 0.2) is 65.8 Å². The van der Waals surface area contributed by atoms with E-state index in [0.717, 1.165) is 21.7 Å². The zero-order valence-electron chi connectivity index (χ0n) is 12.1. The number of rotatable bonds is 4. The van der Waals surface area contributed by atoms with Crippen molar-refractivity contribution in [1.82, 2.24) is 9.55 Å². The summed E-state index contributed by atoms with van der Waals surface area (Å²) in [5, 5.41) is 3.32. The summed E-state index contributed by atoms with van der Waals surface area (Å²) in [5.41, 5.74) is 2.64. The van der Waals surface area contributed by atoms with Gasteiger partial charge in [0, 0.05) is 28.7 Å². The number of benzene rings is 1. The molecule has 0 amide bonds. The average Bonchev–Trinajstić information content (AvgIpc) is 2.94. The van der Waals surface area contributed by atoms with Crippen LogP contribution in [0.1, 0.15) is 0 Å². The number of halogens is 2. The van der Waals surface area contributed by atoms with E-state index in [-0.39, 0.29) is 0 Å². The van der Waals surface area contributed by atoms with Gasteiger partial charge < -0.3 is 4.57 Å². The van der Waals surface area contributed by atoms with Gasteiger partial charge in [0.25, 0.3) is 0 Å². The fourth-order valence-electron chi connectivity index (χ4n) is 2.16. The van der Waals surface area contributed by atoms with Crippen molar-refractivity contribution in [2.24, 2.45) is 4.99 Å². The Morgan fingerprint density at radius 2 is 2.17 bits per heavy atom. The quantitative estimate of drug-likeness (QED) is 0.577. The predicted molar refractivity (Wildman–Crippen MR) is 97.4 cm³/mol. The minimum Gasteiger partial charge on any atom is -0.313 e. The van der Waals surface area contributed by atoms with E-state index < -0.39 is 0 Å². The van der Waals surface area contributed by atoms with Gasteiger partial charge in [0.05, 0.1) is 22.6 Å². The molecule has 3 aromatic rings. The van der Waals surface area contributed by atoms with Gasteiger partial charge in [0.15, 0.2) is 4.80 Å². The Labute approximate surface area is 148 Å². The van der Waals surface area contributed by atoms with Gasteiger partial charge >= 0.3 is 0 Å². The molecule has 0 unspecified atom stereocenters. The van der Waals surface area contributed by atoms with E-state index in [1.165, 1.54) is 11.3 Å². The van der Waals surface area contributed by atoms with Gasteiger partial charge in [0.2, 0.25) is 0 Å². The lowest BCUT2D eigenvalue weighted by Gasteiger charge is -2.08. The van der Waals surface area contributed by atoms with Gasteiger partial charge in [-0.3, -0.25) is 4.98 Å². The Bertz CT molecular complexity index is 898. The lowest BCUT2D eigenvalue weighted by Crippen LogP contribution is -2.14. The summed E-state index contributed by atoms with van der Waals surface area (Å²) >= 11 is 14.0. The highest BCUT2D eigenvalue weighted by Crippen LogP contribution is 2.31. The van der Waals surface area contributed by atoms with Crippen LogP contribution in [0.3, 0.4) is 0 Å². The first-order valence-corrected chi connectivity index (χ1v) is 8.52. The lowest BCUT2D eigenvalue weighted by atomic mass is 10.1. The molecule has 0 aliphatic heterocycles. The highest BCUT2D eigenvalue weighted by Gasteiger charge is 2.11. The maximum atomic E-state index is 6.34. The van der Waals surface area contributed by atoms with Crippen molar-refractivity contribution < 1.29 is 0 Å². The third-order valence-electron chi connectivity index (χ3n) is 3.18. The zero-order valence-corrected chi connectivity index (χ0v) is 14.4. The van der Waals surface area contributed by atoms with Crippen molar-refractivity contribution in [3.8, 4) is 11.3 Å². The van der Waals surface area contributed by atoms with Crippen LogP contribution >= 0.6 is 34.5 Å². The van der Waals surface area contributed by atoms with Crippen molar-refractivity contribution in [2.45, 2.75) is 6.54 Å². The molecule has 3 rings (SSSR count). The summed E-state index contributed by atoms with van der Waals surface area (Å²) in [6, 6.07) is 9.21. The van der Waals surface area contributed by atoms with Crippen molar-refractivity contribution in [1.29, 1.82) is 0 Å². The monoisotopic (exact) mass is 361 g/mol. The van der Waals surface area contributed by atoms with E-state index >= 15 is 0 Å². The van der Waals surface area contributed by atoms with Crippen molar-refractivity contribution >= 4 is 40.2 Å². The van der Waals surface area contributed by atoms with Crippen molar-refractivity contribution in [3.63, 3.8) is 0 Å². The van der Waals surface area contributed by atoms with Crippen LogP contribution in [-0.2, 0) is 6.54 Å². The van der Waals surface area contributed by atoms with Crippen LogP contribution in [0.5, 0.6) is 0 Å². The number of hydrogen-bond donors (Lipinski definition) is 0. The zero-order chi connectivity index (χ0) is 16.2. The van der Waals surface area contributed by atoms with E-state index in [4.69, 9.17) is 23.2 Å². The molecule has 6 heteroatoms. The smallest absolute Gasteiger partial charge is 0.190 e. The van der Waals surface area contributed by atoms with Gasteiger partial charge in [-0.05, 0) is 30.3 Å². The largest absolute Gasteiger partial charge is 0.313 e. The Balaban J connectivity index is 2.18. The summed E-state index contributed by atoms with van der Waals surface area (Å²) in [5.74, 6) is 0. The number of allylic oxidation sites excluding steroid dienone is 1. The topological polar surface area (TPSA) is 30.2 Å². The molecule has 0 aliphatic carbocycles. The molecule has 2 heterocycles. The van der Waals surface area contributed by atoms with Crippen molar-refractivity contribution in [3.05, 3.63) is 75.6 Å². The normalized spacial score (nSPS) is 11.7. The van der Waals surface area contributed by atoms with Gasteiger partial charge in [-0.15, -0.1) is 17.9 Å². The molecule has 23 heavy (non-hydrogen) atoms. The second-order valence-electron chi connectivity index (χ2n) is 4.75. The summed E-state index contributed by atoms with van der Waals surface area (Å²) < 4.78 is 2.06. The molecule has 0 N–H and O–H groups in total. The predicted octanol–water partition coefficient (Wildman–Crippen LogP) is 5.34. The fourth-order valence-corrected chi connectivity index (χ4v) is 3.48. The van der Waals surface area contributed by atoms with E-state index in [1.807, 2.05) is 29.7 Å². The minimum absolute atomic E-state index is 0.626. The summed E-state index contributed by atoms with van der Waals surface area (Å²) in [6.07, 6.45) is 5.28. The summed E-state index contributed by atoms with van der Waals surface area (Å²) in [7, 11) is 0. The molecule has 2 aromatic heterocycles. The third kappa shape index (κ3) is 3.55. The van der Waals surface area contributed by atoms with Crippen LogP contribution < -0.4 is 4.80 Å². The molecule has 0 fully saturated rings. The Morgan fingerprint density at radius 1 is 1.30 bits per heavy atom. The average molecular weight is 362 g/mol. The second kappa shape index (κ2) is 7.13. The Morgan fingerprint density at radius 3 is 2.91 bits per heavy atom. The molecule has 116 valence electrons. The van der Waals surface area contributed by atoms with Crippen LogP contribution in [0, 0.1) is 0 Å². The molecular formula is C17H13Cl2N3S. The first-order chi connectivity index (χ1) is 11.2. The maximum absolute atomic E-state index is 6.34. The molecular weight excluding hydrogens is 349 g/mol. The molecule has 3 nitrogen and oxygen atoms in total. The van der Waals surface area contributed by atoms with E-state index in [0.29, 0.717) is 16.6 Å². The number of aromatic nitrogens is 2. The first kappa shape index (κ1) is 16.0. The SMILES string of the molecule is C=CCn1c(-c2cc(Cl)ccc2Cl)csc1=Nc1cccnc1. The summed E-state index contributed by atoms with van der Waals surface area (Å²) in [6.45, 7) is 4.45. The van der Waals surface area contributed by atoms with Gasteiger partial charge in [0.1, 0.15) is 0 Å². The molecule has 1 aromatic carbocycles. The van der Waals surface area contributed by atoms with Gasteiger partial charge in [-0.25, -0.2) is 4.99 Å². The third-order valence-corrected chi connectivity index (χ3v) is 4.61. The molecule has 0 saturated carbocycles. The molecule has 0 aliphatic rings. The molecule has 0 saturated heterocycles. The van der Waals surface area contributed by atoms with Crippen molar-refractivity contribution in [2.75, 3.05) is 0 Å². The Hall–Kier alpha value is -1.88. The van der Waals surface area contributed by atoms with Gasteiger partial charge in [-0.2, -0.15) is 0 Å². The van der Waals surface area contributed by atoms with Gasteiger partial charge in [-0.1, -0.05) is 29.3 Å². The molecule has 0 bridgehead atoms. The minimum atomic E-state index is 0.626. The number of thiazole rings is 1. The van der Waals surface area contributed by atoms with E-state index in [9.17, 15) is 0 Å². The Kier molecular flexibility index (Phi) is 4.96. The fraction of sp³-hybridized carbons (Fsp3) is 0.0588. The van der Waals surface area contributed by atoms with Crippen LogP contribution in [-0.4, -0.2) is 9.55 Å². The number of pyridine rings is 1. The number of nitrogens with zero attached hydrogens (tertiary/aromatic N) is 3. The number of hydrogen-bond acceptors (Lipinski definition) is 3. The van der Waals surface area contributed by atoms with E-state index in [1.54, 1.807) is 24.5 Å². The molecule has 0 atom stereocenters. The highest BCUT2D eigenvalue weighted by atomic mass is 35.5. The highest BCUT2D eigenvalue weighted by molar-refractivity contribution is 7.07. The van der Waals surface area contributed by atoms with Crippen LogP contribution in [0.2, 0.25) is 10.0 Å². The lowest BCUT2D eigenvalue weighted by molar-refractivity contribution is 0.800. The standard InChI is InChI=1S/C17H13Cl2N3S/c1-2-8-22-16(14-9-12(18)5-6-15(14)19)11-23-17(22)21-13-4-3-7-20-10-13/h2-7,9-11H,1,8H2. The molecule has 0 radical (unpaired) electrons. The first-order valence-electron chi connectivity index (χ1n) is 6.88. The van der Waals surface area contributed by atoms with E-state index in [2.05, 4.69) is 21.1 Å². The summed E-state index contributed by atoms with van der Waals surface area (Å²) in [4.78, 5) is 9.59. The maximum Gasteiger partial charge on any atom is 0.190 e. The van der Waals surface area contributed by atoms with Crippen LogP contribution in [0.25, 0.3) is 11.3 Å².